The molecule has 3 amide bonds. The first kappa shape index (κ1) is 17.1. The minimum Gasteiger partial charge on any atom is -0.478 e. The van der Waals surface area contributed by atoms with Gasteiger partial charge in [-0.25, -0.2) is 9.59 Å². The van der Waals surface area contributed by atoms with Crippen LogP contribution in [0.3, 0.4) is 0 Å². The van der Waals surface area contributed by atoms with Gasteiger partial charge in [0.15, 0.2) is 0 Å². The summed E-state index contributed by atoms with van der Waals surface area (Å²) in [7, 11) is 0. The molecule has 1 unspecified atom stereocenters. The van der Waals surface area contributed by atoms with Gasteiger partial charge in [-0.15, -0.1) is 0 Å². The van der Waals surface area contributed by atoms with E-state index in [4.69, 9.17) is 5.11 Å². The van der Waals surface area contributed by atoms with Gasteiger partial charge in [0.2, 0.25) is 0 Å². The number of carbonyl (C=O) groups excluding carboxylic acids is 2. The summed E-state index contributed by atoms with van der Waals surface area (Å²) >= 11 is 0. The van der Waals surface area contributed by atoms with Crippen molar-refractivity contribution in [3.05, 3.63) is 12.2 Å². The Morgan fingerprint density at radius 2 is 1.79 bits per heavy atom. The molecule has 3 N–H and O–H groups in total. The van der Waals surface area contributed by atoms with Crippen LogP contribution in [0, 0.1) is 0 Å². The normalized spacial score (nSPS) is 12.4. The summed E-state index contributed by atoms with van der Waals surface area (Å²) in [6.45, 7) is 8.32. The second kappa shape index (κ2) is 9.09. The van der Waals surface area contributed by atoms with Crippen molar-refractivity contribution < 1.29 is 19.5 Å². The summed E-state index contributed by atoms with van der Waals surface area (Å²) in [5, 5.41) is 12.9. The number of urea groups is 1. The number of imide groups is 1. The quantitative estimate of drug-likeness (QED) is 0.574. The van der Waals surface area contributed by atoms with Crippen LogP contribution in [0.4, 0.5) is 4.79 Å². The lowest BCUT2D eigenvalue weighted by Crippen LogP contribution is -2.47. The highest BCUT2D eigenvalue weighted by Gasteiger charge is 2.11. The van der Waals surface area contributed by atoms with Gasteiger partial charge in [-0.05, 0) is 20.0 Å². The van der Waals surface area contributed by atoms with E-state index in [0.717, 1.165) is 19.2 Å². The Morgan fingerprint density at radius 3 is 2.26 bits per heavy atom. The number of rotatable bonds is 7. The number of aliphatic carboxylic acids is 1. The van der Waals surface area contributed by atoms with Gasteiger partial charge in [0.25, 0.3) is 5.91 Å². The maximum absolute atomic E-state index is 11.4. The largest absolute Gasteiger partial charge is 0.478 e. The van der Waals surface area contributed by atoms with Crippen molar-refractivity contribution in [3.8, 4) is 0 Å². The van der Waals surface area contributed by atoms with Crippen molar-refractivity contribution in [3.63, 3.8) is 0 Å². The number of hydrogen-bond donors (Lipinski definition) is 3. The van der Waals surface area contributed by atoms with Crippen molar-refractivity contribution in [2.45, 2.75) is 26.8 Å². The van der Waals surface area contributed by atoms with E-state index in [9.17, 15) is 14.4 Å². The highest BCUT2D eigenvalue weighted by Crippen LogP contribution is 1.91. The molecule has 1 atom stereocenters. The Morgan fingerprint density at radius 1 is 1.21 bits per heavy atom. The average molecular weight is 271 g/mol. The first-order chi connectivity index (χ1) is 8.88. The SMILES string of the molecule is CCN(CC)CC(C)NC(=O)NC(=O)C=CC(=O)O. The Balaban J connectivity index is 4.09. The van der Waals surface area contributed by atoms with Crippen LogP contribution < -0.4 is 10.6 Å². The Hall–Kier alpha value is -1.89. The lowest BCUT2D eigenvalue weighted by Gasteiger charge is -2.23. The third kappa shape index (κ3) is 8.78. The van der Waals surface area contributed by atoms with E-state index in [1.165, 1.54) is 0 Å². The summed E-state index contributed by atoms with van der Waals surface area (Å²) in [5.41, 5.74) is 0. The fourth-order valence-electron chi connectivity index (χ4n) is 1.48. The summed E-state index contributed by atoms with van der Waals surface area (Å²) in [5.74, 6) is -2.01. The number of nitrogens with zero attached hydrogens (tertiary/aromatic N) is 1. The molecule has 0 aromatic carbocycles. The van der Waals surface area contributed by atoms with Gasteiger partial charge in [-0.2, -0.15) is 0 Å². The van der Waals surface area contributed by atoms with Gasteiger partial charge < -0.3 is 15.3 Å². The van der Waals surface area contributed by atoms with E-state index in [-0.39, 0.29) is 6.04 Å². The van der Waals surface area contributed by atoms with Crippen LogP contribution in [0.2, 0.25) is 0 Å². The van der Waals surface area contributed by atoms with E-state index < -0.39 is 17.9 Å². The molecular weight excluding hydrogens is 250 g/mol. The predicted molar refractivity (Wildman–Crippen MR) is 70.7 cm³/mol. The van der Waals surface area contributed by atoms with Crippen molar-refractivity contribution in [1.29, 1.82) is 0 Å². The summed E-state index contributed by atoms with van der Waals surface area (Å²) in [4.78, 5) is 34.9. The van der Waals surface area contributed by atoms with E-state index in [0.29, 0.717) is 12.6 Å². The molecule has 0 aliphatic rings. The molecule has 0 saturated carbocycles. The zero-order valence-electron chi connectivity index (χ0n) is 11.5. The summed E-state index contributed by atoms with van der Waals surface area (Å²) in [6, 6.07) is -0.754. The van der Waals surface area contributed by atoms with Crippen molar-refractivity contribution >= 4 is 17.9 Å². The zero-order chi connectivity index (χ0) is 14.8. The highest BCUT2D eigenvalue weighted by molar-refractivity contribution is 6.02. The van der Waals surface area contributed by atoms with Crippen molar-refractivity contribution in [2.24, 2.45) is 0 Å². The van der Waals surface area contributed by atoms with Crippen LogP contribution in [-0.2, 0) is 9.59 Å². The standard InChI is InChI=1S/C12H21N3O4/c1-4-15(5-2)8-9(3)13-12(19)14-10(16)6-7-11(17)18/h6-7,9H,4-5,8H2,1-3H3,(H,17,18)(H2,13,14,16,19). The smallest absolute Gasteiger partial charge is 0.328 e. The number of likely N-dealkylation sites (N-methyl/N-ethyl adjacent to an activating group) is 1. The Bertz CT molecular complexity index is 351. The molecule has 0 bridgehead atoms. The molecule has 0 saturated heterocycles. The first-order valence-electron chi connectivity index (χ1n) is 6.13. The number of carboxylic acid groups (broad SMARTS) is 1. The number of carboxylic acids is 1. The number of carbonyl (C=O) groups is 3. The van der Waals surface area contributed by atoms with Gasteiger partial charge in [0, 0.05) is 24.7 Å². The average Bonchev–Trinajstić information content (AvgIpc) is 2.33. The van der Waals surface area contributed by atoms with Crippen LogP contribution in [0.1, 0.15) is 20.8 Å². The second-order valence-corrected chi connectivity index (χ2v) is 4.02. The fourth-order valence-corrected chi connectivity index (χ4v) is 1.48. The first-order valence-corrected chi connectivity index (χ1v) is 6.13. The zero-order valence-corrected chi connectivity index (χ0v) is 11.5. The monoisotopic (exact) mass is 271 g/mol. The highest BCUT2D eigenvalue weighted by atomic mass is 16.4. The van der Waals surface area contributed by atoms with E-state index in [1.54, 1.807) is 0 Å². The summed E-state index contributed by atoms with van der Waals surface area (Å²) in [6.07, 6.45) is 1.46. The predicted octanol–water partition coefficient (Wildman–Crippen LogP) is 0.183. The van der Waals surface area contributed by atoms with Crippen LogP contribution >= 0.6 is 0 Å². The van der Waals surface area contributed by atoms with E-state index in [1.807, 2.05) is 26.1 Å². The molecule has 19 heavy (non-hydrogen) atoms. The molecule has 0 aliphatic heterocycles. The van der Waals surface area contributed by atoms with Gasteiger partial charge in [-0.1, -0.05) is 13.8 Å². The number of hydrogen-bond acceptors (Lipinski definition) is 4. The minimum atomic E-state index is -1.24. The van der Waals surface area contributed by atoms with Gasteiger partial charge in [0.05, 0.1) is 0 Å². The number of nitrogens with one attached hydrogen (secondary N) is 2. The molecular formula is C12H21N3O4. The van der Waals surface area contributed by atoms with Gasteiger partial charge >= 0.3 is 12.0 Å². The molecule has 0 heterocycles. The molecule has 0 aliphatic carbocycles. The third-order valence-corrected chi connectivity index (χ3v) is 2.42. The van der Waals surface area contributed by atoms with Gasteiger partial charge in [-0.3, -0.25) is 10.1 Å². The van der Waals surface area contributed by atoms with Crippen molar-refractivity contribution in [2.75, 3.05) is 19.6 Å². The van der Waals surface area contributed by atoms with E-state index in [2.05, 4.69) is 10.2 Å². The third-order valence-electron chi connectivity index (χ3n) is 2.42. The molecule has 7 heteroatoms. The molecule has 0 rings (SSSR count). The lowest BCUT2D eigenvalue weighted by molar-refractivity contribution is -0.131. The molecule has 0 aromatic rings. The Kier molecular flexibility index (Phi) is 8.19. The van der Waals surface area contributed by atoms with Crippen LogP contribution in [-0.4, -0.2) is 53.6 Å². The second-order valence-electron chi connectivity index (χ2n) is 4.02. The number of amides is 3. The van der Waals surface area contributed by atoms with Crippen LogP contribution in [0.5, 0.6) is 0 Å². The topological polar surface area (TPSA) is 98.7 Å². The van der Waals surface area contributed by atoms with Crippen LogP contribution in [0.15, 0.2) is 12.2 Å². The molecule has 0 radical (unpaired) electrons. The maximum Gasteiger partial charge on any atom is 0.328 e. The van der Waals surface area contributed by atoms with Crippen LogP contribution in [0.25, 0.3) is 0 Å². The maximum atomic E-state index is 11.4. The molecule has 108 valence electrons. The summed E-state index contributed by atoms with van der Waals surface area (Å²) < 4.78 is 0. The molecule has 0 spiro atoms. The molecule has 0 aromatic heterocycles. The molecule has 7 nitrogen and oxygen atoms in total. The fraction of sp³-hybridized carbons (Fsp3) is 0.583. The minimum absolute atomic E-state index is 0.115. The lowest BCUT2D eigenvalue weighted by atomic mass is 10.3. The molecule has 0 fully saturated rings. The van der Waals surface area contributed by atoms with Gasteiger partial charge in [0.1, 0.15) is 0 Å². The van der Waals surface area contributed by atoms with E-state index >= 15 is 0 Å². The van der Waals surface area contributed by atoms with Crippen molar-refractivity contribution in [1.82, 2.24) is 15.5 Å². The Labute approximate surface area is 112 Å².